The van der Waals surface area contributed by atoms with Crippen molar-refractivity contribution in [3.8, 4) is 0 Å². The van der Waals surface area contributed by atoms with E-state index < -0.39 is 17.3 Å². The van der Waals surface area contributed by atoms with E-state index in [-0.39, 0.29) is 12.4 Å². The Labute approximate surface area is 127 Å². The third-order valence-electron chi connectivity index (χ3n) is 2.90. The maximum atomic E-state index is 10.9. The highest BCUT2D eigenvalue weighted by molar-refractivity contribution is 5.66. The van der Waals surface area contributed by atoms with Crippen LogP contribution >= 0.6 is 0 Å². The summed E-state index contributed by atoms with van der Waals surface area (Å²) in [7, 11) is 0. The molecule has 0 aliphatic carbocycles. The molecule has 0 aliphatic heterocycles. The Hall–Kier alpha value is -1.39. The van der Waals surface area contributed by atoms with Crippen molar-refractivity contribution in [1.82, 2.24) is 0 Å². The summed E-state index contributed by atoms with van der Waals surface area (Å²) in [6.07, 6.45) is 6.95. The van der Waals surface area contributed by atoms with Crippen molar-refractivity contribution < 1.29 is 19.7 Å². The van der Waals surface area contributed by atoms with E-state index in [1.165, 1.54) is 13.0 Å². The molecule has 4 nitrogen and oxygen atoms in total. The van der Waals surface area contributed by atoms with E-state index in [4.69, 9.17) is 4.74 Å². The van der Waals surface area contributed by atoms with Gasteiger partial charge in [0.05, 0.1) is 11.7 Å². The molecule has 2 atom stereocenters. The van der Waals surface area contributed by atoms with Crippen LogP contribution in [0.3, 0.4) is 0 Å². The molecule has 0 aliphatic rings. The standard InChI is InChI=1S/C17H28O4/c1-7-17(6,20)12-15(19)11-13(2)9-8-10-16(4,5)21-14(3)18/h7-8,10-11,15,19-20H,1,9,12H2,2-6H3. The molecule has 2 N–H and O–H groups in total. The molecule has 0 aromatic heterocycles. The number of esters is 1. The number of carbonyl (C=O) groups excluding carboxylic acids is 1. The van der Waals surface area contributed by atoms with Crippen molar-refractivity contribution in [2.24, 2.45) is 0 Å². The first kappa shape index (κ1) is 19.6. The molecular weight excluding hydrogens is 268 g/mol. The summed E-state index contributed by atoms with van der Waals surface area (Å²) < 4.78 is 5.14. The molecular formula is C17H28O4. The molecule has 0 bridgehead atoms. The van der Waals surface area contributed by atoms with Crippen molar-refractivity contribution in [1.29, 1.82) is 0 Å². The Kier molecular flexibility index (Phi) is 7.61. The van der Waals surface area contributed by atoms with E-state index in [0.29, 0.717) is 6.42 Å². The van der Waals surface area contributed by atoms with Crippen molar-refractivity contribution in [2.75, 3.05) is 0 Å². The van der Waals surface area contributed by atoms with Gasteiger partial charge in [-0.05, 0) is 40.2 Å². The van der Waals surface area contributed by atoms with Crippen LogP contribution in [0.2, 0.25) is 0 Å². The van der Waals surface area contributed by atoms with Gasteiger partial charge >= 0.3 is 5.97 Å². The lowest BCUT2D eigenvalue weighted by molar-refractivity contribution is -0.149. The topological polar surface area (TPSA) is 66.8 Å². The van der Waals surface area contributed by atoms with E-state index in [1.54, 1.807) is 26.8 Å². The largest absolute Gasteiger partial charge is 0.456 e. The van der Waals surface area contributed by atoms with E-state index in [9.17, 15) is 15.0 Å². The van der Waals surface area contributed by atoms with E-state index in [0.717, 1.165) is 5.57 Å². The lowest BCUT2D eigenvalue weighted by Gasteiger charge is -2.21. The number of rotatable bonds is 8. The minimum absolute atomic E-state index is 0.205. The van der Waals surface area contributed by atoms with Crippen LogP contribution in [0.4, 0.5) is 0 Å². The Bertz CT molecular complexity index is 417. The molecule has 0 spiro atoms. The summed E-state index contributed by atoms with van der Waals surface area (Å²) in [5, 5.41) is 19.7. The number of carbonyl (C=O) groups is 1. The highest BCUT2D eigenvalue weighted by atomic mass is 16.6. The number of hydrogen-bond acceptors (Lipinski definition) is 4. The van der Waals surface area contributed by atoms with E-state index >= 15 is 0 Å². The van der Waals surface area contributed by atoms with Crippen LogP contribution in [-0.4, -0.2) is 33.5 Å². The average Bonchev–Trinajstić information content (AvgIpc) is 2.25. The molecule has 0 saturated heterocycles. The van der Waals surface area contributed by atoms with Gasteiger partial charge in [0.25, 0.3) is 0 Å². The normalized spacial score (nSPS) is 17.4. The van der Waals surface area contributed by atoms with Gasteiger partial charge in [0.1, 0.15) is 5.60 Å². The fourth-order valence-electron chi connectivity index (χ4n) is 1.90. The van der Waals surface area contributed by atoms with Crippen LogP contribution in [0.15, 0.2) is 36.5 Å². The molecule has 2 unspecified atom stereocenters. The van der Waals surface area contributed by atoms with Crippen molar-refractivity contribution in [2.45, 2.75) is 64.8 Å². The summed E-state index contributed by atoms with van der Waals surface area (Å²) >= 11 is 0. The van der Waals surface area contributed by atoms with E-state index in [1.807, 2.05) is 19.1 Å². The zero-order chi connectivity index (χ0) is 16.7. The van der Waals surface area contributed by atoms with Gasteiger partial charge in [-0.25, -0.2) is 0 Å². The average molecular weight is 296 g/mol. The lowest BCUT2D eigenvalue weighted by atomic mass is 9.97. The minimum atomic E-state index is -1.08. The minimum Gasteiger partial charge on any atom is -0.456 e. The maximum Gasteiger partial charge on any atom is 0.303 e. The molecule has 120 valence electrons. The van der Waals surface area contributed by atoms with Gasteiger partial charge in [-0.1, -0.05) is 23.8 Å². The van der Waals surface area contributed by atoms with Crippen molar-refractivity contribution in [3.05, 3.63) is 36.5 Å². The highest BCUT2D eigenvalue weighted by Crippen LogP contribution is 2.17. The summed E-state index contributed by atoms with van der Waals surface area (Å²) in [5.41, 5.74) is -0.752. The Balaban J connectivity index is 4.48. The number of hydrogen-bond donors (Lipinski definition) is 2. The molecule has 0 rings (SSSR count). The number of ether oxygens (including phenoxy) is 1. The molecule has 0 amide bonds. The highest BCUT2D eigenvalue weighted by Gasteiger charge is 2.19. The Morgan fingerprint density at radius 1 is 1.33 bits per heavy atom. The third-order valence-corrected chi connectivity index (χ3v) is 2.90. The second-order valence-corrected chi connectivity index (χ2v) is 6.15. The zero-order valence-corrected chi connectivity index (χ0v) is 13.7. The predicted molar refractivity (Wildman–Crippen MR) is 84.8 cm³/mol. The molecule has 4 heteroatoms. The van der Waals surface area contributed by atoms with Gasteiger partial charge in [-0.15, -0.1) is 6.58 Å². The monoisotopic (exact) mass is 296 g/mol. The summed E-state index contributed by atoms with van der Waals surface area (Å²) in [6, 6.07) is 0. The molecule has 0 heterocycles. The maximum absolute atomic E-state index is 10.9. The molecule has 21 heavy (non-hydrogen) atoms. The first-order chi connectivity index (χ1) is 9.47. The molecule has 0 radical (unpaired) electrons. The van der Waals surface area contributed by atoms with Crippen molar-refractivity contribution in [3.63, 3.8) is 0 Å². The van der Waals surface area contributed by atoms with Gasteiger partial charge in [0.15, 0.2) is 0 Å². The number of allylic oxidation sites excluding steroid dienone is 2. The lowest BCUT2D eigenvalue weighted by Crippen LogP contribution is -2.26. The summed E-state index contributed by atoms with van der Waals surface area (Å²) in [4.78, 5) is 10.9. The molecule has 0 saturated carbocycles. The van der Waals surface area contributed by atoms with E-state index in [2.05, 4.69) is 6.58 Å². The summed E-state index contributed by atoms with van der Waals surface area (Å²) in [5.74, 6) is -0.320. The second kappa shape index (κ2) is 8.15. The van der Waals surface area contributed by atoms with Crippen LogP contribution in [-0.2, 0) is 9.53 Å². The van der Waals surface area contributed by atoms with Crippen LogP contribution < -0.4 is 0 Å². The SMILES string of the molecule is C=CC(C)(O)CC(O)C=C(C)CC=CC(C)(C)OC(C)=O. The molecule has 0 fully saturated rings. The third kappa shape index (κ3) is 10.0. The fraction of sp³-hybridized carbons (Fsp3) is 0.588. The molecule has 0 aromatic rings. The van der Waals surface area contributed by atoms with Gasteiger partial charge in [0.2, 0.25) is 0 Å². The van der Waals surface area contributed by atoms with Gasteiger partial charge < -0.3 is 14.9 Å². The van der Waals surface area contributed by atoms with Crippen LogP contribution in [0, 0.1) is 0 Å². The first-order valence-electron chi connectivity index (χ1n) is 7.06. The number of aliphatic hydroxyl groups is 2. The number of aliphatic hydroxyl groups excluding tert-OH is 1. The van der Waals surface area contributed by atoms with Crippen LogP contribution in [0.25, 0.3) is 0 Å². The molecule has 0 aromatic carbocycles. The quantitative estimate of drug-likeness (QED) is 0.534. The second-order valence-electron chi connectivity index (χ2n) is 6.15. The predicted octanol–water partition coefficient (Wildman–Crippen LogP) is 2.91. The van der Waals surface area contributed by atoms with Crippen LogP contribution in [0.1, 0.15) is 47.5 Å². The van der Waals surface area contributed by atoms with Crippen molar-refractivity contribution >= 4 is 5.97 Å². The van der Waals surface area contributed by atoms with Gasteiger partial charge in [-0.2, -0.15) is 0 Å². The van der Waals surface area contributed by atoms with Gasteiger partial charge in [0, 0.05) is 13.3 Å². The zero-order valence-electron chi connectivity index (χ0n) is 13.7. The smallest absolute Gasteiger partial charge is 0.303 e. The summed E-state index contributed by atoms with van der Waals surface area (Å²) in [6.45, 7) is 12.0. The Morgan fingerprint density at radius 2 is 1.90 bits per heavy atom. The van der Waals surface area contributed by atoms with Crippen LogP contribution in [0.5, 0.6) is 0 Å². The Morgan fingerprint density at radius 3 is 2.38 bits per heavy atom. The van der Waals surface area contributed by atoms with Gasteiger partial charge in [-0.3, -0.25) is 4.79 Å². The fourth-order valence-corrected chi connectivity index (χ4v) is 1.90. The first-order valence-corrected chi connectivity index (χ1v) is 7.06.